The number of amides is 1. The molecule has 4 nitrogen and oxygen atoms in total. The topological polar surface area (TPSA) is 44.4 Å². The summed E-state index contributed by atoms with van der Waals surface area (Å²) < 4.78 is 14.0. The number of hydrogen-bond donors (Lipinski definition) is 2. The molecule has 1 amide bonds. The van der Waals surface area contributed by atoms with Crippen molar-refractivity contribution in [2.24, 2.45) is 11.8 Å². The van der Waals surface area contributed by atoms with Crippen molar-refractivity contribution in [3.63, 3.8) is 0 Å². The molecule has 2 atom stereocenters. The number of carbonyl (C=O) groups is 1. The van der Waals surface area contributed by atoms with E-state index in [0.29, 0.717) is 23.1 Å². The Morgan fingerprint density at radius 3 is 2.88 bits per heavy atom. The van der Waals surface area contributed by atoms with Gasteiger partial charge in [-0.3, -0.25) is 4.79 Å². The van der Waals surface area contributed by atoms with Crippen molar-refractivity contribution in [2.75, 3.05) is 13.1 Å². The standard InChI is InChI=1S/C29H28FN3O/c1-18-15-20(7-10-26(18)30)28-24(9-6-19-16-25(19)28)21-5-8-23-3-2-4-27(33(23)17-21)29(34)32-22-11-13-31-14-12-22/h2-3,5-10,15,17,19,22,25,31H,11-14,16H2,1H3,(H,32,34). The maximum Gasteiger partial charge on any atom is 0.276 e. The van der Waals surface area contributed by atoms with E-state index >= 15 is 0 Å². The fraction of sp³-hybridized carbons (Fsp3) is 0.310. The third-order valence-electron chi connectivity index (χ3n) is 7.38. The number of aryl methyl sites for hydroxylation is 1. The molecule has 0 spiro atoms. The number of halogens is 1. The van der Waals surface area contributed by atoms with Gasteiger partial charge < -0.3 is 15.5 Å². The lowest BCUT2D eigenvalue weighted by Crippen LogP contribution is -2.44. The van der Waals surface area contributed by atoms with Crippen LogP contribution in [0, 0.1) is 24.6 Å². The molecule has 2 unspecified atom stereocenters. The molecule has 1 aromatic rings. The van der Waals surface area contributed by atoms with Crippen molar-refractivity contribution in [3.05, 3.63) is 106 Å². The van der Waals surface area contributed by atoms with Crippen molar-refractivity contribution >= 4 is 11.5 Å². The molecule has 5 heteroatoms. The van der Waals surface area contributed by atoms with Crippen molar-refractivity contribution in [3.8, 4) is 0 Å². The molecule has 2 fully saturated rings. The summed E-state index contributed by atoms with van der Waals surface area (Å²) in [6.45, 7) is 3.67. The van der Waals surface area contributed by atoms with E-state index in [-0.39, 0.29) is 17.8 Å². The highest BCUT2D eigenvalue weighted by Gasteiger charge is 2.42. The average Bonchev–Trinajstić information content (AvgIpc) is 3.65. The molecule has 0 aromatic heterocycles. The van der Waals surface area contributed by atoms with Crippen LogP contribution in [0.4, 0.5) is 4.39 Å². The van der Waals surface area contributed by atoms with Gasteiger partial charge in [-0.15, -0.1) is 0 Å². The number of allylic oxidation sites excluding steroid dienone is 8. The fourth-order valence-electron chi connectivity index (χ4n) is 5.37. The van der Waals surface area contributed by atoms with Gasteiger partial charge in [-0.1, -0.05) is 30.0 Å². The van der Waals surface area contributed by atoms with E-state index in [9.17, 15) is 9.18 Å². The van der Waals surface area contributed by atoms with E-state index in [1.54, 1.807) is 6.07 Å². The summed E-state index contributed by atoms with van der Waals surface area (Å²) in [5.41, 5.74) is 9.84. The number of rotatable bonds is 4. The zero-order valence-electron chi connectivity index (χ0n) is 19.3. The summed E-state index contributed by atoms with van der Waals surface area (Å²) in [4.78, 5) is 15.1. The molecule has 1 saturated carbocycles. The SMILES string of the molecule is Cc1cc(C2=C(C3=CN4C(C(=O)NC5CCNCC5)=C=CC=C4C=C3)C=CC3CC23)ccc1F. The molecule has 2 N–H and O–H groups in total. The first-order chi connectivity index (χ1) is 16.6. The van der Waals surface area contributed by atoms with Gasteiger partial charge >= 0.3 is 0 Å². The first-order valence-corrected chi connectivity index (χ1v) is 12.2. The van der Waals surface area contributed by atoms with Gasteiger partial charge in [-0.25, -0.2) is 4.39 Å². The average molecular weight is 454 g/mol. The highest BCUT2D eigenvalue weighted by Crippen LogP contribution is 2.54. The number of nitrogens with zero attached hydrogens (tertiary/aromatic N) is 1. The number of piperidine rings is 1. The van der Waals surface area contributed by atoms with Gasteiger partial charge in [0, 0.05) is 17.9 Å². The van der Waals surface area contributed by atoms with Crippen LogP contribution in [0.15, 0.2) is 89.1 Å². The molecule has 5 aliphatic rings. The zero-order valence-corrected chi connectivity index (χ0v) is 19.3. The maximum atomic E-state index is 14.0. The summed E-state index contributed by atoms with van der Waals surface area (Å²) in [5, 5.41) is 6.53. The molecule has 6 rings (SSSR count). The third kappa shape index (κ3) is 3.81. The number of carbonyl (C=O) groups excluding carboxylic acids is 1. The smallest absolute Gasteiger partial charge is 0.276 e. The largest absolute Gasteiger partial charge is 0.347 e. The van der Waals surface area contributed by atoms with E-state index in [2.05, 4.69) is 40.7 Å². The molecule has 1 saturated heterocycles. The molecule has 3 aliphatic heterocycles. The van der Waals surface area contributed by atoms with Gasteiger partial charge in [0.25, 0.3) is 5.91 Å². The Morgan fingerprint density at radius 1 is 1.21 bits per heavy atom. The normalized spacial score (nSPS) is 25.4. The van der Waals surface area contributed by atoms with Gasteiger partial charge in [0.1, 0.15) is 5.82 Å². The first kappa shape index (κ1) is 21.2. The van der Waals surface area contributed by atoms with Crippen LogP contribution in [-0.2, 0) is 4.79 Å². The first-order valence-electron chi connectivity index (χ1n) is 12.2. The predicted octanol–water partition coefficient (Wildman–Crippen LogP) is 4.65. The number of nitrogens with one attached hydrogen (secondary N) is 2. The highest BCUT2D eigenvalue weighted by molar-refractivity contribution is 5.94. The monoisotopic (exact) mass is 453 g/mol. The number of fused-ring (bicyclic) bond motifs is 2. The highest BCUT2D eigenvalue weighted by atomic mass is 19.1. The third-order valence-corrected chi connectivity index (χ3v) is 7.38. The summed E-state index contributed by atoms with van der Waals surface area (Å²) in [7, 11) is 0. The molecule has 34 heavy (non-hydrogen) atoms. The Labute approximate surface area is 199 Å². The minimum absolute atomic E-state index is 0.0931. The maximum absolute atomic E-state index is 14.0. The second-order valence-electron chi connectivity index (χ2n) is 9.69. The van der Waals surface area contributed by atoms with Gasteiger partial charge in [0.15, 0.2) is 5.70 Å². The molecule has 0 bridgehead atoms. The summed E-state index contributed by atoms with van der Waals surface area (Å²) in [5.74, 6) is 0.766. The van der Waals surface area contributed by atoms with Crippen molar-refractivity contribution < 1.29 is 9.18 Å². The number of benzene rings is 1. The summed E-state index contributed by atoms with van der Waals surface area (Å²) in [6, 6.07) is 5.61. The minimum atomic E-state index is -0.175. The quantitative estimate of drug-likeness (QED) is 0.652. The Bertz CT molecular complexity index is 1280. The van der Waals surface area contributed by atoms with Crippen molar-refractivity contribution in [1.82, 2.24) is 15.5 Å². The molecule has 0 radical (unpaired) electrons. The van der Waals surface area contributed by atoms with Crippen LogP contribution in [0.2, 0.25) is 0 Å². The molecule has 3 heterocycles. The predicted molar refractivity (Wildman–Crippen MR) is 132 cm³/mol. The van der Waals surface area contributed by atoms with Crippen molar-refractivity contribution in [2.45, 2.75) is 32.2 Å². The van der Waals surface area contributed by atoms with E-state index in [4.69, 9.17) is 0 Å². The van der Waals surface area contributed by atoms with E-state index in [1.165, 1.54) is 5.57 Å². The molecular weight excluding hydrogens is 425 g/mol. The van der Waals surface area contributed by atoms with E-state index in [1.807, 2.05) is 42.3 Å². The summed E-state index contributed by atoms with van der Waals surface area (Å²) >= 11 is 0. The van der Waals surface area contributed by atoms with E-state index < -0.39 is 0 Å². The Hall–Kier alpha value is -3.40. The van der Waals surface area contributed by atoms with Gasteiger partial charge in [0.2, 0.25) is 0 Å². The van der Waals surface area contributed by atoms with Crippen LogP contribution in [0.1, 0.15) is 30.4 Å². The lowest BCUT2D eigenvalue weighted by atomic mass is 9.86. The van der Waals surface area contributed by atoms with Crippen molar-refractivity contribution in [1.29, 1.82) is 0 Å². The fourth-order valence-corrected chi connectivity index (χ4v) is 5.37. The van der Waals surface area contributed by atoms with E-state index in [0.717, 1.165) is 54.8 Å². The molecular formula is C29H28FN3O. The van der Waals surface area contributed by atoms with Crippen LogP contribution in [-0.4, -0.2) is 29.9 Å². The Kier molecular flexibility index (Phi) is 5.24. The summed E-state index contributed by atoms with van der Waals surface area (Å²) in [6.07, 6.45) is 17.5. The lowest BCUT2D eigenvalue weighted by molar-refractivity contribution is -0.119. The van der Waals surface area contributed by atoms with Gasteiger partial charge in [-0.2, -0.15) is 0 Å². The zero-order chi connectivity index (χ0) is 23.2. The van der Waals surface area contributed by atoms with Crippen LogP contribution in [0.25, 0.3) is 5.57 Å². The van der Waals surface area contributed by atoms with Crippen LogP contribution < -0.4 is 10.6 Å². The minimum Gasteiger partial charge on any atom is -0.347 e. The van der Waals surface area contributed by atoms with Crippen LogP contribution >= 0.6 is 0 Å². The van der Waals surface area contributed by atoms with Crippen LogP contribution in [0.3, 0.4) is 0 Å². The van der Waals surface area contributed by atoms with Gasteiger partial charge in [0.05, 0.1) is 0 Å². The molecule has 2 aliphatic carbocycles. The second kappa shape index (κ2) is 8.43. The lowest BCUT2D eigenvalue weighted by Gasteiger charge is -2.31. The number of hydrogen-bond acceptors (Lipinski definition) is 3. The second-order valence-corrected chi connectivity index (χ2v) is 9.69. The Morgan fingerprint density at radius 2 is 2.06 bits per heavy atom. The molecule has 1 aromatic carbocycles. The molecule has 172 valence electrons. The Balaban J connectivity index is 1.35. The van der Waals surface area contributed by atoms with Crippen LogP contribution in [0.5, 0.6) is 0 Å². The van der Waals surface area contributed by atoms with Gasteiger partial charge in [-0.05, 0) is 109 Å².